The van der Waals surface area contributed by atoms with Crippen LogP contribution in [0.25, 0.3) is 0 Å². The Morgan fingerprint density at radius 3 is 2.32 bits per heavy atom. The lowest BCUT2D eigenvalue weighted by Gasteiger charge is -2.13. The van der Waals surface area contributed by atoms with Crippen molar-refractivity contribution in [2.75, 3.05) is 12.4 Å². The second kappa shape index (κ2) is 11.7. The van der Waals surface area contributed by atoms with Crippen LogP contribution in [-0.2, 0) is 6.61 Å². The van der Waals surface area contributed by atoms with Gasteiger partial charge in [0.05, 0.1) is 28.8 Å². The monoisotopic (exact) mass is 532 g/mol. The topological polar surface area (TPSA) is 99.9 Å². The summed E-state index contributed by atoms with van der Waals surface area (Å²) in [5, 5.41) is 14.7. The minimum atomic E-state index is -0.540. The summed E-state index contributed by atoms with van der Waals surface area (Å²) >= 11 is 6.17. The van der Waals surface area contributed by atoms with E-state index in [2.05, 4.69) is 5.32 Å². The molecule has 4 aromatic rings. The lowest BCUT2D eigenvalue weighted by Crippen LogP contribution is -2.13. The van der Waals surface area contributed by atoms with Crippen LogP contribution in [0.15, 0.2) is 78.9 Å². The summed E-state index contributed by atoms with van der Waals surface area (Å²) in [6, 6.07) is 21.7. The van der Waals surface area contributed by atoms with Gasteiger partial charge in [0.15, 0.2) is 0 Å². The number of non-ortho nitro benzene ring substituents is 1. The number of carbonyl (C=O) groups excluding carboxylic acids is 1. The zero-order valence-electron chi connectivity index (χ0n) is 21.0. The molecule has 0 spiro atoms. The van der Waals surface area contributed by atoms with Crippen molar-refractivity contribution in [3.63, 3.8) is 0 Å². The fraction of sp³-hybridized carbons (Fsp3) is 0.138. The minimum Gasteiger partial charge on any atom is -0.496 e. The number of nitro groups is 1. The first-order valence-corrected chi connectivity index (χ1v) is 12.0. The highest BCUT2D eigenvalue weighted by Crippen LogP contribution is 2.31. The Kier molecular flexibility index (Phi) is 8.13. The molecule has 0 aliphatic rings. The number of ether oxygens (including phenoxy) is 3. The van der Waals surface area contributed by atoms with E-state index in [1.807, 2.05) is 32.0 Å². The van der Waals surface area contributed by atoms with Crippen LogP contribution < -0.4 is 19.5 Å². The van der Waals surface area contributed by atoms with Crippen LogP contribution in [0.5, 0.6) is 23.0 Å². The molecule has 1 amide bonds. The highest BCUT2D eigenvalue weighted by atomic mass is 35.5. The number of methoxy groups -OCH3 is 1. The van der Waals surface area contributed by atoms with E-state index in [0.29, 0.717) is 33.4 Å². The van der Waals surface area contributed by atoms with E-state index >= 15 is 0 Å². The molecule has 0 unspecified atom stereocenters. The second-order valence-electron chi connectivity index (χ2n) is 8.60. The van der Waals surface area contributed by atoms with Crippen LogP contribution in [0.4, 0.5) is 11.4 Å². The zero-order valence-corrected chi connectivity index (χ0v) is 21.7. The smallest absolute Gasteiger partial charge is 0.275 e. The molecule has 0 aliphatic heterocycles. The maximum Gasteiger partial charge on any atom is 0.275 e. The lowest BCUT2D eigenvalue weighted by molar-refractivity contribution is -0.384. The number of nitrogens with zero attached hydrogens (tertiary/aromatic N) is 1. The summed E-state index contributed by atoms with van der Waals surface area (Å²) in [4.78, 5) is 24.1. The van der Waals surface area contributed by atoms with E-state index in [4.69, 9.17) is 25.8 Å². The quantitative estimate of drug-likeness (QED) is 0.177. The van der Waals surface area contributed by atoms with Gasteiger partial charge in [-0.05, 0) is 67.4 Å². The number of hydrogen-bond donors (Lipinski definition) is 1. The Labute approximate surface area is 224 Å². The lowest BCUT2D eigenvalue weighted by atomic mass is 10.1. The van der Waals surface area contributed by atoms with Crippen molar-refractivity contribution >= 4 is 28.9 Å². The first-order chi connectivity index (χ1) is 18.2. The van der Waals surface area contributed by atoms with Gasteiger partial charge >= 0.3 is 0 Å². The molecule has 4 rings (SSSR count). The van der Waals surface area contributed by atoms with Crippen LogP contribution in [0.1, 0.15) is 27.0 Å². The third-order valence-electron chi connectivity index (χ3n) is 5.55. The molecule has 0 saturated carbocycles. The fourth-order valence-electron chi connectivity index (χ4n) is 3.90. The van der Waals surface area contributed by atoms with Gasteiger partial charge in [-0.3, -0.25) is 14.9 Å². The predicted molar refractivity (Wildman–Crippen MR) is 146 cm³/mol. The van der Waals surface area contributed by atoms with Gasteiger partial charge < -0.3 is 19.5 Å². The minimum absolute atomic E-state index is 0.110. The predicted octanol–water partition coefficient (Wildman–Crippen LogP) is 7.50. The second-order valence-corrected chi connectivity index (χ2v) is 9.01. The normalized spacial score (nSPS) is 10.5. The molecular weight excluding hydrogens is 508 g/mol. The average Bonchev–Trinajstić information content (AvgIpc) is 2.87. The number of carbonyl (C=O) groups is 1. The Hall–Kier alpha value is -4.56. The van der Waals surface area contributed by atoms with Crippen LogP contribution in [0, 0.1) is 24.0 Å². The number of anilines is 1. The fourth-order valence-corrected chi connectivity index (χ4v) is 4.09. The van der Waals surface area contributed by atoms with Crippen LogP contribution >= 0.6 is 11.6 Å². The van der Waals surface area contributed by atoms with Gasteiger partial charge in [0, 0.05) is 23.3 Å². The molecule has 1 N–H and O–H groups in total. The summed E-state index contributed by atoms with van der Waals surface area (Å²) in [5.41, 5.74) is 2.92. The molecule has 9 heteroatoms. The zero-order chi connectivity index (χ0) is 27.2. The Morgan fingerprint density at radius 2 is 1.63 bits per heavy atom. The van der Waals surface area contributed by atoms with Crippen molar-refractivity contribution in [3.8, 4) is 23.0 Å². The number of nitro benzene ring substituents is 1. The van der Waals surface area contributed by atoms with E-state index in [9.17, 15) is 14.9 Å². The molecule has 194 valence electrons. The number of nitrogens with one attached hydrogen (secondary N) is 1. The molecule has 0 heterocycles. The van der Waals surface area contributed by atoms with Crippen molar-refractivity contribution in [1.29, 1.82) is 0 Å². The third kappa shape index (κ3) is 6.60. The van der Waals surface area contributed by atoms with Gasteiger partial charge in [-0.25, -0.2) is 0 Å². The molecular formula is C29H25ClN2O6. The van der Waals surface area contributed by atoms with Gasteiger partial charge in [-0.1, -0.05) is 29.8 Å². The largest absolute Gasteiger partial charge is 0.496 e. The SMILES string of the molecule is COc1ccc(C(=O)Nc2cc(Oc3cc(C)cc(C)c3)cc([N+](=O)[O-])c2)cc1COc1ccccc1Cl. The molecule has 8 nitrogen and oxygen atoms in total. The summed E-state index contributed by atoms with van der Waals surface area (Å²) in [6.07, 6.45) is 0. The van der Waals surface area contributed by atoms with Gasteiger partial charge in [-0.15, -0.1) is 0 Å². The number of amides is 1. The molecule has 38 heavy (non-hydrogen) atoms. The molecule has 0 fully saturated rings. The highest BCUT2D eigenvalue weighted by molar-refractivity contribution is 6.32. The summed E-state index contributed by atoms with van der Waals surface area (Å²) < 4.78 is 17.1. The average molecular weight is 533 g/mol. The molecule has 0 atom stereocenters. The number of halogens is 1. The number of para-hydroxylation sites is 1. The van der Waals surface area contributed by atoms with E-state index in [0.717, 1.165) is 11.1 Å². The first kappa shape index (κ1) is 26.5. The number of aryl methyl sites for hydroxylation is 2. The van der Waals surface area contributed by atoms with Crippen molar-refractivity contribution in [2.24, 2.45) is 0 Å². The standard InChI is InChI=1S/C29H25ClN2O6/c1-18-10-19(2)12-24(11-18)38-25-15-22(14-23(16-25)32(34)35)31-29(33)20-8-9-27(36-3)21(13-20)17-37-28-7-5-4-6-26(28)30/h4-16H,17H2,1-3H3,(H,31,33). The number of hydrogen-bond acceptors (Lipinski definition) is 6. The summed E-state index contributed by atoms with van der Waals surface area (Å²) in [6.45, 7) is 3.97. The number of benzene rings is 4. The Bertz CT molecular complexity index is 1480. The first-order valence-electron chi connectivity index (χ1n) is 11.6. The molecule has 0 saturated heterocycles. The molecule has 0 aromatic heterocycles. The van der Waals surface area contributed by atoms with Crippen molar-refractivity contribution in [3.05, 3.63) is 116 Å². The maximum atomic E-state index is 13.1. The van der Waals surface area contributed by atoms with Crippen molar-refractivity contribution < 1.29 is 23.9 Å². The molecule has 0 aliphatic carbocycles. The van der Waals surface area contributed by atoms with Crippen LogP contribution in [0.3, 0.4) is 0 Å². The van der Waals surface area contributed by atoms with Crippen LogP contribution in [0.2, 0.25) is 5.02 Å². The van der Waals surface area contributed by atoms with Crippen molar-refractivity contribution in [1.82, 2.24) is 0 Å². The van der Waals surface area contributed by atoms with Gasteiger partial charge in [0.1, 0.15) is 29.6 Å². The van der Waals surface area contributed by atoms with Crippen LogP contribution in [-0.4, -0.2) is 17.9 Å². The van der Waals surface area contributed by atoms with E-state index < -0.39 is 10.8 Å². The summed E-state index contributed by atoms with van der Waals surface area (Å²) in [5.74, 6) is 1.33. The van der Waals surface area contributed by atoms with Crippen molar-refractivity contribution in [2.45, 2.75) is 20.5 Å². The molecule has 0 radical (unpaired) electrons. The maximum absolute atomic E-state index is 13.1. The van der Waals surface area contributed by atoms with E-state index in [-0.39, 0.29) is 23.7 Å². The number of rotatable bonds is 9. The third-order valence-corrected chi connectivity index (χ3v) is 5.87. The summed E-state index contributed by atoms with van der Waals surface area (Å²) in [7, 11) is 1.52. The van der Waals surface area contributed by atoms with E-state index in [1.165, 1.54) is 25.3 Å². The Morgan fingerprint density at radius 1 is 0.921 bits per heavy atom. The van der Waals surface area contributed by atoms with Gasteiger partial charge in [-0.2, -0.15) is 0 Å². The molecule has 0 bridgehead atoms. The van der Waals surface area contributed by atoms with E-state index in [1.54, 1.807) is 42.5 Å². The Balaban J connectivity index is 1.57. The highest BCUT2D eigenvalue weighted by Gasteiger charge is 2.16. The molecule has 4 aromatic carbocycles. The van der Waals surface area contributed by atoms with Gasteiger partial charge in [0.2, 0.25) is 0 Å². The van der Waals surface area contributed by atoms with Gasteiger partial charge in [0.25, 0.3) is 11.6 Å².